The van der Waals surface area contributed by atoms with Crippen LogP contribution < -0.4 is 4.74 Å². The summed E-state index contributed by atoms with van der Waals surface area (Å²) in [6, 6.07) is 14.9. The van der Waals surface area contributed by atoms with Crippen molar-refractivity contribution in [1.29, 1.82) is 0 Å². The molecule has 2 aromatic rings. The van der Waals surface area contributed by atoms with E-state index in [1.54, 1.807) is 19.2 Å². The first-order valence-electron chi connectivity index (χ1n) is 8.20. The van der Waals surface area contributed by atoms with E-state index in [4.69, 9.17) is 9.47 Å². The molecule has 0 fully saturated rings. The highest BCUT2D eigenvalue weighted by Gasteiger charge is 2.51. The summed E-state index contributed by atoms with van der Waals surface area (Å²) in [5.74, 6) is 0.0485. The first-order valence-corrected chi connectivity index (χ1v) is 9.00. The molecule has 2 aromatic carbocycles. The van der Waals surface area contributed by atoms with E-state index in [-0.39, 0.29) is 11.6 Å². The summed E-state index contributed by atoms with van der Waals surface area (Å²) in [6.07, 6.45) is 1.38. The fraction of sp³-hybridized carbons (Fsp3) is 0.238. The summed E-state index contributed by atoms with van der Waals surface area (Å²) in [7, 11) is 1.59. The predicted molar refractivity (Wildman–Crippen MR) is 103 cm³/mol. The molecule has 3 rings (SSSR count). The Bertz CT molecular complexity index is 852. The van der Waals surface area contributed by atoms with Gasteiger partial charge in [0.2, 0.25) is 5.60 Å². The highest BCUT2D eigenvalue weighted by Crippen LogP contribution is 2.45. The molecule has 0 spiro atoms. The van der Waals surface area contributed by atoms with Crippen LogP contribution in [0.1, 0.15) is 31.1 Å². The lowest BCUT2D eigenvalue weighted by molar-refractivity contribution is -0.149. The van der Waals surface area contributed by atoms with Gasteiger partial charge in [0.15, 0.2) is 11.6 Å². The van der Waals surface area contributed by atoms with Crippen molar-refractivity contribution in [2.75, 3.05) is 7.11 Å². The Kier molecular flexibility index (Phi) is 5.12. The third-order valence-electron chi connectivity index (χ3n) is 4.59. The van der Waals surface area contributed by atoms with Crippen molar-refractivity contribution in [3.8, 4) is 5.75 Å². The van der Waals surface area contributed by atoms with Crippen molar-refractivity contribution in [2.24, 2.45) is 0 Å². The molecule has 0 saturated carbocycles. The third-order valence-corrected chi connectivity index (χ3v) is 5.12. The average Bonchev–Trinajstić information content (AvgIpc) is 3.04. The number of benzene rings is 2. The first-order chi connectivity index (χ1) is 12.4. The molecule has 1 heterocycles. The summed E-state index contributed by atoms with van der Waals surface area (Å²) >= 11 is 3.41. The number of rotatable bonds is 5. The molecule has 1 aliphatic rings. The van der Waals surface area contributed by atoms with Crippen LogP contribution in [-0.2, 0) is 14.3 Å². The van der Waals surface area contributed by atoms with Crippen LogP contribution in [0.3, 0.4) is 0 Å². The molecule has 5 heteroatoms. The maximum absolute atomic E-state index is 12.5. The molecule has 4 nitrogen and oxygen atoms in total. The van der Waals surface area contributed by atoms with Gasteiger partial charge < -0.3 is 9.47 Å². The van der Waals surface area contributed by atoms with Crippen LogP contribution in [0.4, 0.5) is 0 Å². The van der Waals surface area contributed by atoms with E-state index >= 15 is 0 Å². The van der Waals surface area contributed by atoms with E-state index < -0.39 is 11.7 Å². The largest absolute Gasteiger partial charge is 0.497 e. The topological polar surface area (TPSA) is 52.6 Å². The van der Waals surface area contributed by atoms with Crippen LogP contribution in [0, 0.1) is 0 Å². The minimum Gasteiger partial charge on any atom is -0.497 e. The maximum atomic E-state index is 12.5. The van der Waals surface area contributed by atoms with Crippen molar-refractivity contribution >= 4 is 33.1 Å². The average molecular weight is 415 g/mol. The quantitative estimate of drug-likeness (QED) is 0.674. The lowest BCUT2D eigenvalue weighted by Crippen LogP contribution is -2.45. The normalized spacial score (nSPS) is 18.3. The Labute approximate surface area is 160 Å². The Balaban J connectivity index is 2.12. The lowest BCUT2D eigenvalue weighted by atomic mass is 9.83. The number of methoxy groups -OCH3 is 1. The molecule has 0 saturated heterocycles. The van der Waals surface area contributed by atoms with Gasteiger partial charge in [0, 0.05) is 10.0 Å². The number of hydrogen-bond donors (Lipinski definition) is 0. The molecule has 26 heavy (non-hydrogen) atoms. The number of halogens is 1. The van der Waals surface area contributed by atoms with Gasteiger partial charge in [0.1, 0.15) is 11.9 Å². The van der Waals surface area contributed by atoms with Crippen LogP contribution in [0.2, 0.25) is 0 Å². The number of Topliss-reactive ketones (excluding diaryl/α,β-unsaturated/α-hetero) is 2. The Morgan fingerprint density at radius 2 is 1.58 bits per heavy atom. The zero-order chi connectivity index (χ0) is 18.9. The van der Waals surface area contributed by atoms with Gasteiger partial charge in [-0.25, -0.2) is 0 Å². The van der Waals surface area contributed by atoms with Crippen LogP contribution in [0.25, 0.3) is 5.57 Å². The van der Waals surface area contributed by atoms with Crippen molar-refractivity contribution in [3.63, 3.8) is 0 Å². The summed E-state index contributed by atoms with van der Waals surface area (Å²) < 4.78 is 12.2. The second-order valence-corrected chi connectivity index (χ2v) is 7.11. The van der Waals surface area contributed by atoms with Gasteiger partial charge in [0.25, 0.3) is 0 Å². The number of ketones is 2. The zero-order valence-corrected chi connectivity index (χ0v) is 16.4. The minimum atomic E-state index is -1.59. The number of ether oxygens (including phenoxy) is 2. The Morgan fingerprint density at radius 3 is 2.08 bits per heavy atom. The zero-order valence-electron chi connectivity index (χ0n) is 14.8. The van der Waals surface area contributed by atoms with Gasteiger partial charge in [-0.05, 0) is 55.3 Å². The van der Waals surface area contributed by atoms with E-state index in [2.05, 4.69) is 15.9 Å². The SMILES string of the molecule is COc1ccc(C2=CC(c3ccc(Br)cc3)OC2(C(C)=O)C(C)=O)cc1. The molecule has 1 atom stereocenters. The Hall–Kier alpha value is -2.24. The van der Waals surface area contributed by atoms with Crippen molar-refractivity contribution in [2.45, 2.75) is 25.6 Å². The van der Waals surface area contributed by atoms with Crippen LogP contribution in [0.15, 0.2) is 59.1 Å². The van der Waals surface area contributed by atoms with E-state index in [0.717, 1.165) is 15.6 Å². The maximum Gasteiger partial charge on any atom is 0.210 e. The highest BCUT2D eigenvalue weighted by molar-refractivity contribution is 9.10. The second-order valence-electron chi connectivity index (χ2n) is 6.19. The summed E-state index contributed by atoms with van der Waals surface area (Å²) in [5.41, 5.74) is 0.624. The van der Waals surface area contributed by atoms with Crippen LogP contribution in [0.5, 0.6) is 5.75 Å². The van der Waals surface area contributed by atoms with Gasteiger partial charge in [-0.15, -0.1) is 0 Å². The summed E-state index contributed by atoms with van der Waals surface area (Å²) in [5, 5.41) is 0. The number of carbonyl (C=O) groups is 2. The molecular formula is C21H19BrO4. The summed E-state index contributed by atoms with van der Waals surface area (Å²) in [6.45, 7) is 2.78. The number of carbonyl (C=O) groups excluding carboxylic acids is 2. The molecule has 0 amide bonds. The Morgan fingerprint density at radius 1 is 1.00 bits per heavy atom. The van der Waals surface area contributed by atoms with Gasteiger partial charge >= 0.3 is 0 Å². The van der Waals surface area contributed by atoms with Crippen LogP contribution >= 0.6 is 15.9 Å². The fourth-order valence-corrected chi connectivity index (χ4v) is 3.50. The van der Waals surface area contributed by atoms with Gasteiger partial charge in [-0.3, -0.25) is 9.59 Å². The molecular weight excluding hydrogens is 396 g/mol. The monoisotopic (exact) mass is 414 g/mol. The van der Waals surface area contributed by atoms with E-state index in [1.165, 1.54) is 13.8 Å². The fourth-order valence-electron chi connectivity index (χ4n) is 3.24. The molecule has 1 unspecified atom stereocenters. The third kappa shape index (κ3) is 3.13. The minimum absolute atomic E-state index is 0.327. The molecule has 0 radical (unpaired) electrons. The van der Waals surface area contributed by atoms with Gasteiger partial charge in [-0.1, -0.05) is 40.2 Å². The molecule has 0 bridgehead atoms. The highest BCUT2D eigenvalue weighted by atomic mass is 79.9. The second kappa shape index (κ2) is 7.17. The number of hydrogen-bond acceptors (Lipinski definition) is 4. The van der Waals surface area contributed by atoms with Crippen LogP contribution in [-0.4, -0.2) is 24.3 Å². The van der Waals surface area contributed by atoms with Gasteiger partial charge in [0.05, 0.1) is 7.11 Å². The van der Waals surface area contributed by atoms with Crippen molar-refractivity contribution in [3.05, 3.63) is 70.2 Å². The molecule has 1 aliphatic heterocycles. The first kappa shape index (κ1) is 18.5. The van der Waals surface area contributed by atoms with E-state index in [1.807, 2.05) is 42.5 Å². The van der Waals surface area contributed by atoms with E-state index in [0.29, 0.717) is 11.3 Å². The molecule has 134 valence electrons. The molecule has 0 aliphatic carbocycles. The summed E-state index contributed by atoms with van der Waals surface area (Å²) in [4.78, 5) is 25.1. The van der Waals surface area contributed by atoms with Crippen molar-refractivity contribution < 1.29 is 19.1 Å². The molecule has 0 aromatic heterocycles. The van der Waals surface area contributed by atoms with E-state index in [9.17, 15) is 9.59 Å². The smallest absolute Gasteiger partial charge is 0.210 e. The lowest BCUT2D eigenvalue weighted by Gasteiger charge is -2.28. The van der Waals surface area contributed by atoms with Crippen molar-refractivity contribution in [1.82, 2.24) is 0 Å². The van der Waals surface area contributed by atoms with Gasteiger partial charge in [-0.2, -0.15) is 0 Å². The molecule has 0 N–H and O–H groups in total. The predicted octanol–water partition coefficient (Wildman–Crippen LogP) is 4.53. The standard InChI is InChI=1S/C21H19BrO4/c1-13(23)21(14(2)24)19(15-6-10-18(25-3)11-7-15)12-20(26-21)16-4-8-17(22)9-5-16/h4-12,20H,1-3H3.